The lowest BCUT2D eigenvalue weighted by atomic mass is 10.3. The molecule has 3 heterocycles. The third-order valence-electron chi connectivity index (χ3n) is 3.48. The van der Waals surface area contributed by atoms with E-state index in [9.17, 15) is 8.78 Å². The summed E-state index contributed by atoms with van der Waals surface area (Å²) in [6.45, 7) is -2.63. The van der Waals surface area contributed by atoms with Crippen molar-refractivity contribution in [3.05, 3.63) is 54.5 Å². The van der Waals surface area contributed by atoms with Crippen molar-refractivity contribution >= 4 is 28.4 Å². The van der Waals surface area contributed by atoms with Crippen LogP contribution in [-0.4, -0.2) is 24.1 Å². The van der Waals surface area contributed by atoms with E-state index in [0.717, 1.165) is 10.2 Å². The van der Waals surface area contributed by atoms with Crippen LogP contribution in [0.4, 0.5) is 8.78 Å². The van der Waals surface area contributed by atoms with Gasteiger partial charge in [-0.2, -0.15) is 8.78 Å². The summed E-state index contributed by atoms with van der Waals surface area (Å²) in [6.07, 6.45) is 1.84. The lowest BCUT2D eigenvalue weighted by Gasteiger charge is -2.06. The number of thioether (sulfide) groups is 1. The number of nitrogens with zero attached hydrogens (tertiary/aromatic N) is 5. The lowest BCUT2D eigenvalue weighted by molar-refractivity contribution is 0.0722. The van der Waals surface area contributed by atoms with Gasteiger partial charge >= 0.3 is 6.55 Å². The molecule has 0 N–H and O–H groups in total. The fraction of sp³-hybridized carbons (Fsp3) is 0.133. The predicted molar refractivity (Wildman–Crippen MR) is 83.5 cm³/mol. The van der Waals surface area contributed by atoms with Crippen molar-refractivity contribution in [1.82, 2.24) is 24.1 Å². The third kappa shape index (κ3) is 2.44. The Morgan fingerprint density at radius 3 is 2.74 bits per heavy atom. The van der Waals surface area contributed by atoms with Gasteiger partial charge in [-0.25, -0.2) is 4.98 Å². The SMILES string of the molecule is FC(F)n1c(CSc2nnc3ccccn23)nc2ccccc21. The number of rotatable bonds is 4. The van der Waals surface area contributed by atoms with Crippen LogP contribution in [0.1, 0.15) is 12.4 Å². The highest BCUT2D eigenvalue weighted by atomic mass is 32.2. The topological polar surface area (TPSA) is 48.0 Å². The number of aromatic nitrogens is 5. The molecule has 8 heteroatoms. The summed E-state index contributed by atoms with van der Waals surface area (Å²) in [5, 5.41) is 8.78. The predicted octanol–water partition coefficient (Wildman–Crippen LogP) is 3.77. The molecule has 0 fully saturated rings. The number of fused-ring (bicyclic) bond motifs is 2. The monoisotopic (exact) mass is 331 g/mol. The Hall–Kier alpha value is -2.48. The molecule has 0 aliphatic carbocycles. The van der Waals surface area contributed by atoms with Crippen molar-refractivity contribution in [2.75, 3.05) is 0 Å². The molecule has 0 saturated heterocycles. The molecule has 1 aromatic carbocycles. The number of hydrogen-bond acceptors (Lipinski definition) is 4. The number of alkyl halides is 2. The van der Waals surface area contributed by atoms with Gasteiger partial charge in [0.25, 0.3) is 0 Å². The van der Waals surface area contributed by atoms with Crippen molar-refractivity contribution in [3.63, 3.8) is 0 Å². The van der Waals surface area contributed by atoms with E-state index >= 15 is 0 Å². The second-order valence-electron chi connectivity index (χ2n) is 4.86. The maximum Gasteiger partial charge on any atom is 0.320 e. The van der Waals surface area contributed by atoms with E-state index in [1.807, 2.05) is 28.8 Å². The van der Waals surface area contributed by atoms with Crippen LogP contribution in [0.3, 0.4) is 0 Å². The molecule has 23 heavy (non-hydrogen) atoms. The van der Waals surface area contributed by atoms with E-state index in [4.69, 9.17) is 0 Å². The van der Waals surface area contributed by atoms with E-state index in [1.165, 1.54) is 11.8 Å². The van der Waals surface area contributed by atoms with Crippen LogP contribution >= 0.6 is 11.8 Å². The first-order valence-corrected chi connectivity index (χ1v) is 7.89. The normalized spacial score (nSPS) is 11.8. The summed E-state index contributed by atoms with van der Waals surface area (Å²) < 4.78 is 29.6. The first kappa shape index (κ1) is 14.1. The summed E-state index contributed by atoms with van der Waals surface area (Å²) in [7, 11) is 0. The molecule has 0 bridgehead atoms. The van der Waals surface area contributed by atoms with Gasteiger partial charge in [0.1, 0.15) is 5.82 Å². The van der Waals surface area contributed by atoms with Gasteiger partial charge in [0.05, 0.1) is 16.8 Å². The zero-order valence-corrected chi connectivity index (χ0v) is 12.6. The molecule has 4 aromatic rings. The largest absolute Gasteiger partial charge is 0.320 e. The zero-order chi connectivity index (χ0) is 15.8. The molecule has 0 aliphatic rings. The van der Waals surface area contributed by atoms with E-state index in [0.29, 0.717) is 22.0 Å². The van der Waals surface area contributed by atoms with Gasteiger partial charge in [0, 0.05) is 6.20 Å². The molecule has 0 aliphatic heterocycles. The van der Waals surface area contributed by atoms with Gasteiger partial charge in [-0.15, -0.1) is 10.2 Å². The minimum atomic E-state index is -2.63. The number of hydrogen-bond donors (Lipinski definition) is 0. The molecular formula is C15H11F2N5S. The molecule has 4 rings (SSSR count). The summed E-state index contributed by atoms with van der Waals surface area (Å²) in [6, 6.07) is 12.5. The van der Waals surface area contributed by atoms with Gasteiger partial charge in [-0.05, 0) is 24.3 Å². The van der Waals surface area contributed by atoms with E-state index < -0.39 is 6.55 Å². The highest BCUT2D eigenvalue weighted by Crippen LogP contribution is 2.27. The quantitative estimate of drug-likeness (QED) is 0.534. The number of para-hydroxylation sites is 2. The second-order valence-corrected chi connectivity index (χ2v) is 5.81. The maximum absolute atomic E-state index is 13.4. The number of halogens is 2. The summed E-state index contributed by atoms with van der Waals surface area (Å²) in [4.78, 5) is 4.32. The van der Waals surface area contributed by atoms with Crippen LogP contribution in [0.25, 0.3) is 16.7 Å². The Labute approximate surface area is 134 Å². The molecule has 0 saturated carbocycles. The van der Waals surface area contributed by atoms with Crippen molar-refractivity contribution in [2.24, 2.45) is 0 Å². The summed E-state index contributed by atoms with van der Waals surface area (Å²) >= 11 is 1.33. The fourth-order valence-electron chi connectivity index (χ4n) is 2.46. The average molecular weight is 331 g/mol. The second kappa shape index (κ2) is 5.62. The van der Waals surface area contributed by atoms with Crippen molar-refractivity contribution in [1.29, 1.82) is 0 Å². The first-order valence-electron chi connectivity index (χ1n) is 6.90. The van der Waals surface area contributed by atoms with Crippen LogP contribution < -0.4 is 0 Å². The minimum absolute atomic E-state index is 0.286. The number of imidazole rings is 1. The number of pyridine rings is 1. The van der Waals surface area contributed by atoms with Gasteiger partial charge < -0.3 is 0 Å². The molecule has 0 amide bonds. The van der Waals surface area contributed by atoms with E-state index in [1.54, 1.807) is 24.3 Å². The van der Waals surface area contributed by atoms with Crippen molar-refractivity contribution < 1.29 is 8.78 Å². The molecule has 0 atom stereocenters. The molecule has 116 valence electrons. The third-order valence-corrected chi connectivity index (χ3v) is 4.42. The van der Waals surface area contributed by atoms with Crippen molar-refractivity contribution in [2.45, 2.75) is 17.5 Å². The number of benzene rings is 1. The first-order chi connectivity index (χ1) is 11.2. The Morgan fingerprint density at radius 2 is 1.87 bits per heavy atom. The Kier molecular flexibility index (Phi) is 3.45. The van der Waals surface area contributed by atoms with E-state index in [2.05, 4.69) is 15.2 Å². The molecule has 0 spiro atoms. The van der Waals surface area contributed by atoms with Crippen LogP contribution in [-0.2, 0) is 5.75 Å². The van der Waals surface area contributed by atoms with Gasteiger partial charge in [0.15, 0.2) is 10.8 Å². The van der Waals surface area contributed by atoms with Crippen LogP contribution in [0.5, 0.6) is 0 Å². The Bertz CT molecular complexity index is 978. The maximum atomic E-state index is 13.4. The van der Waals surface area contributed by atoms with Gasteiger partial charge in [-0.3, -0.25) is 8.97 Å². The van der Waals surface area contributed by atoms with Crippen LogP contribution in [0, 0.1) is 0 Å². The van der Waals surface area contributed by atoms with Gasteiger partial charge in [0.2, 0.25) is 0 Å². The molecule has 0 radical (unpaired) electrons. The molecular weight excluding hydrogens is 320 g/mol. The summed E-state index contributed by atoms with van der Waals surface area (Å²) in [5.41, 5.74) is 1.72. The fourth-order valence-corrected chi connectivity index (χ4v) is 3.31. The highest BCUT2D eigenvalue weighted by Gasteiger charge is 2.18. The summed E-state index contributed by atoms with van der Waals surface area (Å²) in [5.74, 6) is 0.605. The van der Waals surface area contributed by atoms with Gasteiger partial charge in [-0.1, -0.05) is 30.0 Å². The lowest BCUT2D eigenvalue weighted by Crippen LogP contribution is -2.03. The van der Waals surface area contributed by atoms with E-state index in [-0.39, 0.29) is 5.75 Å². The highest BCUT2D eigenvalue weighted by molar-refractivity contribution is 7.98. The average Bonchev–Trinajstić information content (AvgIpc) is 3.13. The standard InChI is InChI=1S/C15H11F2N5S/c16-14(17)22-11-6-2-1-5-10(11)18-13(22)9-23-15-20-19-12-7-3-4-8-21(12)15/h1-8,14H,9H2. The van der Waals surface area contributed by atoms with Crippen LogP contribution in [0.15, 0.2) is 53.8 Å². The Morgan fingerprint density at radius 1 is 1.04 bits per heavy atom. The zero-order valence-electron chi connectivity index (χ0n) is 11.8. The smallest absolute Gasteiger partial charge is 0.277 e. The van der Waals surface area contributed by atoms with Crippen LogP contribution in [0.2, 0.25) is 0 Å². The van der Waals surface area contributed by atoms with Crippen molar-refractivity contribution in [3.8, 4) is 0 Å². The molecule has 0 unspecified atom stereocenters. The molecule has 3 aromatic heterocycles. The Balaban J connectivity index is 1.69. The minimum Gasteiger partial charge on any atom is -0.277 e. The molecule has 5 nitrogen and oxygen atoms in total.